The van der Waals surface area contributed by atoms with Gasteiger partial charge in [-0.05, 0) is 31.2 Å². The average Bonchev–Trinajstić information content (AvgIpc) is 2.91. The summed E-state index contributed by atoms with van der Waals surface area (Å²) in [6.07, 6.45) is 3.70. The first-order valence-corrected chi connectivity index (χ1v) is 9.63. The monoisotopic (exact) mass is 372 g/mol. The van der Waals surface area contributed by atoms with Crippen molar-refractivity contribution in [2.75, 3.05) is 37.7 Å². The van der Waals surface area contributed by atoms with Gasteiger partial charge in [-0.1, -0.05) is 30.3 Å². The zero-order valence-corrected chi connectivity index (χ0v) is 15.6. The molecular weight excluding hydrogens is 344 g/mol. The molecule has 3 rings (SSSR count). The highest BCUT2D eigenvalue weighted by molar-refractivity contribution is 5.36. The third-order valence-corrected chi connectivity index (χ3v) is 5.21. The van der Waals surface area contributed by atoms with Gasteiger partial charge in [-0.25, -0.2) is 4.79 Å². The molecule has 0 amide bonds. The summed E-state index contributed by atoms with van der Waals surface area (Å²) in [5.41, 5.74) is 0.466. The topological polar surface area (TPSA) is 92.4 Å². The summed E-state index contributed by atoms with van der Waals surface area (Å²) in [6, 6.07) is 12.2. The summed E-state index contributed by atoms with van der Waals surface area (Å²) in [6.45, 7) is 3.51. The molecule has 1 aromatic carbocycles. The number of aromatic nitrogens is 2. The minimum atomic E-state index is -0.473. The van der Waals surface area contributed by atoms with E-state index >= 15 is 0 Å². The van der Waals surface area contributed by atoms with Gasteiger partial charge in [0.2, 0.25) is 0 Å². The highest BCUT2D eigenvalue weighted by Crippen LogP contribution is 2.17. The minimum Gasteiger partial charge on any atom is -0.396 e. The van der Waals surface area contributed by atoms with E-state index in [9.17, 15) is 14.7 Å². The molecule has 0 spiro atoms. The summed E-state index contributed by atoms with van der Waals surface area (Å²) in [5.74, 6) is 0.577. The molecular formula is C20H28N4O3. The average molecular weight is 372 g/mol. The number of rotatable bonds is 7. The van der Waals surface area contributed by atoms with E-state index in [2.05, 4.69) is 44.0 Å². The lowest BCUT2D eigenvalue weighted by Gasteiger charge is -2.30. The smallest absolute Gasteiger partial charge is 0.327 e. The second kappa shape index (κ2) is 9.53. The summed E-state index contributed by atoms with van der Waals surface area (Å²) in [5, 5.41) is 9.51. The minimum absolute atomic E-state index is 0.182. The molecule has 1 unspecified atom stereocenters. The molecule has 0 bridgehead atoms. The Labute approximate surface area is 158 Å². The number of hydrogen-bond acceptors (Lipinski definition) is 5. The fraction of sp³-hybridized carbons (Fsp3) is 0.500. The Morgan fingerprint density at radius 2 is 1.81 bits per heavy atom. The summed E-state index contributed by atoms with van der Waals surface area (Å²) in [4.78, 5) is 32.5. The van der Waals surface area contributed by atoms with Crippen molar-refractivity contribution in [3.63, 3.8) is 0 Å². The fourth-order valence-corrected chi connectivity index (χ4v) is 3.81. The predicted octanol–water partition coefficient (Wildman–Crippen LogP) is 0.959. The van der Waals surface area contributed by atoms with Crippen molar-refractivity contribution in [1.82, 2.24) is 14.9 Å². The zero-order chi connectivity index (χ0) is 19.1. The van der Waals surface area contributed by atoms with Crippen LogP contribution >= 0.6 is 0 Å². The lowest BCUT2D eigenvalue weighted by Crippen LogP contribution is -2.39. The first-order valence-electron chi connectivity index (χ1n) is 9.63. The van der Waals surface area contributed by atoms with Gasteiger partial charge < -0.3 is 10.0 Å². The normalized spacial score (nSPS) is 16.9. The SMILES string of the molecule is O=c1cc(N2CCCN(C(CCO)CCc3ccccc3)CC2)[nH]c(=O)[nH]1. The summed E-state index contributed by atoms with van der Waals surface area (Å²) in [7, 11) is 0. The van der Waals surface area contributed by atoms with Crippen molar-refractivity contribution in [1.29, 1.82) is 0 Å². The molecule has 0 radical (unpaired) electrons. The molecule has 146 valence electrons. The van der Waals surface area contributed by atoms with Crippen LogP contribution in [0.1, 0.15) is 24.8 Å². The van der Waals surface area contributed by atoms with Gasteiger partial charge in [0.05, 0.1) is 0 Å². The Kier molecular flexibility index (Phi) is 6.84. The summed E-state index contributed by atoms with van der Waals surface area (Å²) < 4.78 is 0. The first-order chi connectivity index (χ1) is 13.2. The number of aromatic amines is 2. The Bertz CT molecular complexity index is 789. The summed E-state index contributed by atoms with van der Waals surface area (Å²) >= 11 is 0. The number of benzene rings is 1. The van der Waals surface area contributed by atoms with Crippen molar-refractivity contribution in [2.45, 2.75) is 31.7 Å². The molecule has 3 N–H and O–H groups in total. The van der Waals surface area contributed by atoms with E-state index in [0.717, 1.165) is 51.9 Å². The molecule has 1 saturated heterocycles. The second-order valence-corrected chi connectivity index (χ2v) is 7.04. The Balaban J connectivity index is 1.63. The maximum atomic E-state index is 11.6. The second-order valence-electron chi connectivity index (χ2n) is 7.04. The first kappa shape index (κ1) is 19.4. The van der Waals surface area contributed by atoms with Crippen molar-refractivity contribution >= 4 is 5.82 Å². The zero-order valence-electron chi connectivity index (χ0n) is 15.6. The number of hydrogen-bond donors (Lipinski definition) is 3. The lowest BCUT2D eigenvalue weighted by molar-refractivity contribution is 0.157. The molecule has 1 atom stereocenters. The number of aliphatic hydroxyl groups excluding tert-OH is 1. The molecule has 1 fully saturated rings. The largest absolute Gasteiger partial charge is 0.396 e. The van der Waals surface area contributed by atoms with E-state index in [1.165, 1.54) is 11.6 Å². The molecule has 1 aromatic heterocycles. The van der Waals surface area contributed by atoms with Crippen LogP contribution in [0.25, 0.3) is 0 Å². The van der Waals surface area contributed by atoms with Gasteiger partial charge in [0, 0.05) is 44.9 Å². The Morgan fingerprint density at radius 1 is 1.00 bits per heavy atom. The highest BCUT2D eigenvalue weighted by Gasteiger charge is 2.22. The highest BCUT2D eigenvalue weighted by atomic mass is 16.3. The van der Waals surface area contributed by atoms with Gasteiger partial charge in [-0.3, -0.25) is 19.7 Å². The van der Waals surface area contributed by atoms with E-state index in [4.69, 9.17) is 0 Å². The van der Waals surface area contributed by atoms with Crippen LogP contribution in [0.4, 0.5) is 5.82 Å². The number of nitrogens with zero attached hydrogens (tertiary/aromatic N) is 2. The van der Waals surface area contributed by atoms with Crippen LogP contribution in [-0.2, 0) is 6.42 Å². The van der Waals surface area contributed by atoms with E-state index in [0.29, 0.717) is 11.9 Å². The molecule has 2 heterocycles. The third-order valence-electron chi connectivity index (χ3n) is 5.21. The van der Waals surface area contributed by atoms with Gasteiger partial charge in [0.15, 0.2) is 0 Å². The van der Waals surface area contributed by atoms with Crippen LogP contribution in [-0.4, -0.2) is 58.8 Å². The van der Waals surface area contributed by atoms with Crippen molar-refractivity contribution in [3.8, 4) is 0 Å². The van der Waals surface area contributed by atoms with Crippen LogP contribution in [0.15, 0.2) is 46.0 Å². The molecule has 1 aliphatic heterocycles. The number of aliphatic hydroxyl groups is 1. The standard InChI is InChI=1S/C20H28N4O3/c25-14-9-17(8-7-16-5-2-1-3-6-16)23-10-4-11-24(13-12-23)18-15-19(26)22-20(27)21-18/h1-3,5-6,15,17,25H,4,7-14H2,(H2,21,22,26,27). The fourth-order valence-electron chi connectivity index (χ4n) is 3.81. The van der Waals surface area contributed by atoms with Crippen molar-refractivity contribution in [3.05, 3.63) is 62.8 Å². The predicted molar refractivity (Wildman–Crippen MR) is 106 cm³/mol. The van der Waals surface area contributed by atoms with Gasteiger partial charge in [-0.15, -0.1) is 0 Å². The van der Waals surface area contributed by atoms with Crippen molar-refractivity contribution < 1.29 is 5.11 Å². The third kappa shape index (κ3) is 5.55. The number of aryl methyl sites for hydroxylation is 1. The Morgan fingerprint density at radius 3 is 2.56 bits per heavy atom. The van der Waals surface area contributed by atoms with E-state index in [-0.39, 0.29) is 12.2 Å². The lowest BCUT2D eigenvalue weighted by atomic mass is 10.0. The molecule has 0 saturated carbocycles. The quantitative estimate of drug-likeness (QED) is 0.673. The number of anilines is 1. The molecule has 0 aliphatic carbocycles. The molecule has 7 heteroatoms. The van der Waals surface area contributed by atoms with Crippen LogP contribution in [0.2, 0.25) is 0 Å². The maximum Gasteiger partial charge on any atom is 0.327 e. The van der Waals surface area contributed by atoms with Crippen molar-refractivity contribution in [2.24, 2.45) is 0 Å². The Hall–Kier alpha value is -2.38. The van der Waals surface area contributed by atoms with Gasteiger partial charge in [0.25, 0.3) is 5.56 Å². The molecule has 7 nitrogen and oxygen atoms in total. The maximum absolute atomic E-state index is 11.6. The van der Waals surface area contributed by atoms with Crippen LogP contribution in [0.5, 0.6) is 0 Å². The molecule has 2 aromatic rings. The van der Waals surface area contributed by atoms with Crippen LogP contribution in [0, 0.1) is 0 Å². The number of H-pyrrole nitrogens is 2. The van der Waals surface area contributed by atoms with Gasteiger partial charge >= 0.3 is 5.69 Å². The van der Waals surface area contributed by atoms with Gasteiger partial charge in [-0.2, -0.15) is 0 Å². The van der Waals surface area contributed by atoms with E-state index < -0.39 is 5.69 Å². The molecule has 1 aliphatic rings. The van der Waals surface area contributed by atoms with E-state index in [1.807, 2.05) is 6.07 Å². The van der Waals surface area contributed by atoms with Crippen LogP contribution < -0.4 is 16.1 Å². The number of nitrogens with one attached hydrogen (secondary N) is 2. The van der Waals surface area contributed by atoms with Crippen LogP contribution in [0.3, 0.4) is 0 Å². The molecule has 27 heavy (non-hydrogen) atoms. The van der Waals surface area contributed by atoms with E-state index in [1.54, 1.807) is 0 Å². The van der Waals surface area contributed by atoms with Gasteiger partial charge in [0.1, 0.15) is 5.82 Å².